The van der Waals surface area contributed by atoms with Crippen molar-refractivity contribution in [2.75, 3.05) is 13.7 Å². The number of nitrogens with one attached hydrogen (secondary N) is 1. The summed E-state index contributed by atoms with van der Waals surface area (Å²) in [7, 11) is 1.63. The number of aliphatic hydroxyl groups excluding tert-OH is 1. The lowest BCUT2D eigenvalue weighted by Crippen LogP contribution is -2.37. The lowest BCUT2D eigenvalue weighted by molar-refractivity contribution is 0.180. The molecule has 0 aliphatic heterocycles. The number of methoxy groups -OCH3 is 1. The molecule has 0 saturated heterocycles. The van der Waals surface area contributed by atoms with Crippen LogP contribution in [0.25, 0.3) is 0 Å². The van der Waals surface area contributed by atoms with Crippen LogP contribution >= 0.6 is 0 Å². The molecule has 1 aromatic heterocycles. The Hall–Kier alpha value is -1.13. The summed E-state index contributed by atoms with van der Waals surface area (Å²) in [5.41, 5.74) is 0.986. The molecule has 4 nitrogen and oxygen atoms in total. The second kappa shape index (κ2) is 7.46. The normalized spacial score (nSPS) is 23.9. The van der Waals surface area contributed by atoms with Crippen molar-refractivity contribution >= 4 is 0 Å². The molecule has 4 heteroatoms. The molecule has 0 aromatic carbocycles. The van der Waals surface area contributed by atoms with Crippen molar-refractivity contribution in [1.82, 2.24) is 10.3 Å². The number of ether oxygens (including phenoxy) is 1. The Morgan fingerprint density at radius 3 is 2.95 bits per heavy atom. The number of pyridine rings is 1. The highest BCUT2D eigenvalue weighted by Crippen LogP contribution is 2.23. The predicted octanol–water partition coefficient (Wildman–Crippen LogP) is 2.12. The molecular weight excluding hydrogens is 240 g/mol. The molecule has 0 spiro atoms. The number of hydrogen-bond acceptors (Lipinski definition) is 4. The maximum Gasteiger partial charge on any atom is 0.213 e. The molecule has 2 atom stereocenters. The van der Waals surface area contributed by atoms with Gasteiger partial charge in [-0.15, -0.1) is 0 Å². The first-order valence-electron chi connectivity index (χ1n) is 7.17. The highest BCUT2D eigenvalue weighted by Gasteiger charge is 2.22. The Balaban J connectivity index is 1.91. The van der Waals surface area contributed by atoms with Gasteiger partial charge in [0, 0.05) is 25.3 Å². The molecule has 1 fully saturated rings. The standard InChI is InChI=1S/C15H24N2O2/c1-19-15-9-5-7-13(17-15)10-16-14-8-4-2-3-6-12(14)11-18/h5,7,9,12,14,16,18H,2-4,6,8,10-11H2,1H3. The maximum absolute atomic E-state index is 9.49. The van der Waals surface area contributed by atoms with Crippen molar-refractivity contribution in [3.63, 3.8) is 0 Å². The summed E-state index contributed by atoms with van der Waals surface area (Å²) in [6.45, 7) is 1.02. The first-order chi connectivity index (χ1) is 9.33. The molecule has 2 unspecified atom stereocenters. The van der Waals surface area contributed by atoms with Crippen molar-refractivity contribution in [3.8, 4) is 5.88 Å². The third kappa shape index (κ3) is 4.18. The second-order valence-electron chi connectivity index (χ2n) is 5.24. The number of aliphatic hydroxyl groups is 1. The van der Waals surface area contributed by atoms with Crippen molar-refractivity contribution in [3.05, 3.63) is 23.9 Å². The molecule has 1 aromatic rings. The monoisotopic (exact) mass is 264 g/mol. The zero-order valence-corrected chi connectivity index (χ0v) is 11.6. The van der Waals surface area contributed by atoms with Crippen LogP contribution in [0, 0.1) is 5.92 Å². The van der Waals surface area contributed by atoms with E-state index >= 15 is 0 Å². The summed E-state index contributed by atoms with van der Waals surface area (Å²) in [5.74, 6) is 1.03. The summed E-state index contributed by atoms with van der Waals surface area (Å²) in [4.78, 5) is 4.40. The lowest BCUT2D eigenvalue weighted by atomic mass is 9.95. The van der Waals surface area contributed by atoms with Gasteiger partial charge in [0.25, 0.3) is 0 Å². The third-order valence-electron chi connectivity index (χ3n) is 3.93. The Morgan fingerprint density at radius 2 is 2.16 bits per heavy atom. The van der Waals surface area contributed by atoms with Crippen LogP contribution < -0.4 is 10.1 Å². The minimum absolute atomic E-state index is 0.281. The number of rotatable bonds is 5. The minimum Gasteiger partial charge on any atom is -0.481 e. The highest BCUT2D eigenvalue weighted by molar-refractivity contribution is 5.15. The summed E-state index contributed by atoms with van der Waals surface area (Å²) in [5, 5.41) is 13.0. The van der Waals surface area contributed by atoms with E-state index in [2.05, 4.69) is 10.3 Å². The molecule has 2 rings (SSSR count). The number of aromatic nitrogens is 1. The van der Waals surface area contributed by atoms with Crippen LogP contribution in [0.1, 0.15) is 37.8 Å². The first kappa shape index (κ1) is 14.3. The summed E-state index contributed by atoms with van der Waals surface area (Å²) in [6, 6.07) is 6.21. The zero-order chi connectivity index (χ0) is 13.5. The fourth-order valence-corrected chi connectivity index (χ4v) is 2.78. The van der Waals surface area contributed by atoms with Crippen LogP contribution in [0.4, 0.5) is 0 Å². The molecule has 1 saturated carbocycles. The molecule has 19 heavy (non-hydrogen) atoms. The lowest BCUT2D eigenvalue weighted by Gasteiger charge is -2.24. The van der Waals surface area contributed by atoms with E-state index in [0.29, 0.717) is 17.8 Å². The molecule has 1 aliphatic rings. The van der Waals surface area contributed by atoms with Gasteiger partial charge in [-0.25, -0.2) is 4.98 Å². The summed E-state index contributed by atoms with van der Waals surface area (Å²) < 4.78 is 5.13. The van der Waals surface area contributed by atoms with Gasteiger partial charge in [-0.05, 0) is 24.8 Å². The van der Waals surface area contributed by atoms with Gasteiger partial charge in [0.05, 0.1) is 12.8 Å². The predicted molar refractivity (Wildman–Crippen MR) is 75.1 cm³/mol. The molecule has 0 bridgehead atoms. The Labute approximate surface area is 115 Å². The van der Waals surface area contributed by atoms with E-state index < -0.39 is 0 Å². The Bertz CT molecular complexity index is 384. The van der Waals surface area contributed by atoms with E-state index in [4.69, 9.17) is 4.74 Å². The summed E-state index contributed by atoms with van der Waals surface area (Å²) >= 11 is 0. The Morgan fingerprint density at radius 1 is 1.32 bits per heavy atom. The van der Waals surface area contributed by atoms with Gasteiger partial charge in [-0.2, -0.15) is 0 Å². The largest absolute Gasteiger partial charge is 0.481 e. The van der Waals surface area contributed by atoms with Crippen molar-refractivity contribution in [2.24, 2.45) is 5.92 Å². The molecule has 106 valence electrons. The third-order valence-corrected chi connectivity index (χ3v) is 3.93. The van der Waals surface area contributed by atoms with Gasteiger partial charge in [0.2, 0.25) is 5.88 Å². The maximum atomic E-state index is 9.49. The van der Waals surface area contributed by atoms with Crippen LogP contribution in [0.2, 0.25) is 0 Å². The van der Waals surface area contributed by atoms with E-state index in [-0.39, 0.29) is 6.61 Å². The van der Waals surface area contributed by atoms with Crippen molar-refractivity contribution < 1.29 is 9.84 Å². The SMILES string of the molecule is COc1cccc(CNC2CCCCCC2CO)n1. The number of hydrogen-bond donors (Lipinski definition) is 2. The topological polar surface area (TPSA) is 54.4 Å². The summed E-state index contributed by atoms with van der Waals surface area (Å²) in [6.07, 6.45) is 6.04. The van der Waals surface area contributed by atoms with Crippen LogP contribution in [-0.2, 0) is 6.54 Å². The fourth-order valence-electron chi connectivity index (χ4n) is 2.78. The van der Waals surface area contributed by atoms with Crippen LogP contribution in [-0.4, -0.2) is 29.8 Å². The van der Waals surface area contributed by atoms with Crippen molar-refractivity contribution in [1.29, 1.82) is 0 Å². The first-order valence-corrected chi connectivity index (χ1v) is 7.17. The van der Waals surface area contributed by atoms with Crippen LogP contribution in [0.5, 0.6) is 5.88 Å². The molecule has 0 amide bonds. The average molecular weight is 264 g/mol. The molecule has 1 aliphatic carbocycles. The second-order valence-corrected chi connectivity index (χ2v) is 5.24. The minimum atomic E-state index is 0.281. The van der Waals surface area contributed by atoms with Gasteiger partial charge in [0.15, 0.2) is 0 Å². The van der Waals surface area contributed by atoms with Gasteiger partial charge in [0.1, 0.15) is 0 Å². The van der Waals surface area contributed by atoms with E-state index in [0.717, 1.165) is 25.1 Å². The van der Waals surface area contributed by atoms with E-state index in [1.165, 1.54) is 19.3 Å². The Kier molecular flexibility index (Phi) is 5.61. The quantitative estimate of drug-likeness (QED) is 0.800. The number of nitrogens with zero attached hydrogens (tertiary/aromatic N) is 1. The average Bonchev–Trinajstić information content (AvgIpc) is 2.70. The van der Waals surface area contributed by atoms with E-state index in [1.807, 2.05) is 18.2 Å². The van der Waals surface area contributed by atoms with Gasteiger partial charge in [-0.1, -0.05) is 25.3 Å². The molecular formula is C15H24N2O2. The van der Waals surface area contributed by atoms with Crippen molar-refractivity contribution in [2.45, 2.75) is 44.7 Å². The molecule has 0 radical (unpaired) electrons. The van der Waals surface area contributed by atoms with E-state index in [9.17, 15) is 5.11 Å². The zero-order valence-electron chi connectivity index (χ0n) is 11.6. The van der Waals surface area contributed by atoms with Crippen LogP contribution in [0.15, 0.2) is 18.2 Å². The van der Waals surface area contributed by atoms with E-state index in [1.54, 1.807) is 7.11 Å². The van der Waals surface area contributed by atoms with Crippen LogP contribution in [0.3, 0.4) is 0 Å². The highest BCUT2D eigenvalue weighted by atomic mass is 16.5. The smallest absolute Gasteiger partial charge is 0.213 e. The van der Waals surface area contributed by atoms with Gasteiger partial charge < -0.3 is 15.2 Å². The molecule has 2 N–H and O–H groups in total. The fraction of sp³-hybridized carbons (Fsp3) is 0.667. The molecule has 1 heterocycles. The van der Waals surface area contributed by atoms with Gasteiger partial charge in [-0.3, -0.25) is 0 Å². The van der Waals surface area contributed by atoms with Gasteiger partial charge >= 0.3 is 0 Å².